The lowest BCUT2D eigenvalue weighted by molar-refractivity contribution is 0.0979. The van der Waals surface area contributed by atoms with Crippen LogP contribution >= 0.6 is 0 Å². The first-order valence-corrected chi connectivity index (χ1v) is 7.70. The van der Waals surface area contributed by atoms with Crippen molar-refractivity contribution in [2.75, 3.05) is 6.54 Å². The Hall–Kier alpha value is -0.160. The topological polar surface area (TPSA) is 76.1 Å². The number of nitrogens with one attached hydrogen (secondary N) is 2. The SMILES string of the molecule is CCCC(NC(N)CN)C1CC(C)(C)NC(C)(C)C1. The summed E-state index contributed by atoms with van der Waals surface area (Å²) in [5.74, 6) is 0.656. The van der Waals surface area contributed by atoms with E-state index in [1.54, 1.807) is 0 Å². The van der Waals surface area contributed by atoms with E-state index in [-0.39, 0.29) is 17.2 Å². The Balaban J connectivity index is 2.76. The monoisotopic (exact) mass is 270 g/mol. The average Bonchev–Trinajstić information content (AvgIpc) is 2.24. The summed E-state index contributed by atoms with van der Waals surface area (Å²) in [4.78, 5) is 0. The molecule has 4 nitrogen and oxygen atoms in total. The van der Waals surface area contributed by atoms with Gasteiger partial charge in [0.25, 0.3) is 0 Å². The number of piperidine rings is 1. The average molecular weight is 270 g/mol. The van der Waals surface area contributed by atoms with Gasteiger partial charge in [0.05, 0.1) is 6.17 Å². The molecule has 0 amide bonds. The van der Waals surface area contributed by atoms with Crippen LogP contribution in [0.5, 0.6) is 0 Å². The second-order valence-corrected chi connectivity index (χ2v) is 7.47. The molecule has 2 unspecified atom stereocenters. The summed E-state index contributed by atoms with van der Waals surface area (Å²) in [5.41, 5.74) is 12.0. The normalized spacial score (nSPS) is 26.1. The zero-order valence-electron chi connectivity index (χ0n) is 13.4. The van der Waals surface area contributed by atoms with Crippen LogP contribution in [-0.4, -0.2) is 29.8 Å². The molecule has 4 heteroatoms. The first-order valence-electron chi connectivity index (χ1n) is 7.70. The third kappa shape index (κ3) is 5.38. The van der Waals surface area contributed by atoms with Gasteiger partial charge in [0.15, 0.2) is 0 Å². The molecule has 1 saturated heterocycles. The largest absolute Gasteiger partial charge is 0.328 e. The summed E-state index contributed by atoms with van der Waals surface area (Å²) in [7, 11) is 0. The van der Waals surface area contributed by atoms with Crippen LogP contribution in [0.4, 0.5) is 0 Å². The van der Waals surface area contributed by atoms with E-state index in [0.29, 0.717) is 18.5 Å². The van der Waals surface area contributed by atoms with Crippen molar-refractivity contribution in [3.63, 3.8) is 0 Å². The molecule has 6 N–H and O–H groups in total. The van der Waals surface area contributed by atoms with Crippen molar-refractivity contribution in [3.05, 3.63) is 0 Å². The second kappa shape index (κ2) is 6.53. The van der Waals surface area contributed by atoms with E-state index >= 15 is 0 Å². The fraction of sp³-hybridized carbons (Fsp3) is 1.00. The molecule has 1 rings (SSSR count). The van der Waals surface area contributed by atoms with Crippen LogP contribution in [0.15, 0.2) is 0 Å². The van der Waals surface area contributed by atoms with Gasteiger partial charge in [0.2, 0.25) is 0 Å². The van der Waals surface area contributed by atoms with Crippen LogP contribution in [-0.2, 0) is 0 Å². The van der Waals surface area contributed by atoms with E-state index in [1.165, 1.54) is 25.7 Å². The van der Waals surface area contributed by atoms with Gasteiger partial charge in [-0.15, -0.1) is 0 Å². The van der Waals surface area contributed by atoms with Gasteiger partial charge in [0.1, 0.15) is 0 Å². The van der Waals surface area contributed by atoms with Gasteiger partial charge < -0.3 is 16.8 Å². The molecule has 19 heavy (non-hydrogen) atoms. The Morgan fingerprint density at radius 1 is 1.21 bits per heavy atom. The Bertz CT molecular complexity index is 259. The molecule has 114 valence electrons. The predicted molar refractivity (Wildman–Crippen MR) is 82.9 cm³/mol. The Kier molecular flexibility index (Phi) is 5.80. The maximum atomic E-state index is 5.99. The molecule has 2 atom stereocenters. The van der Waals surface area contributed by atoms with E-state index in [9.17, 15) is 0 Å². The number of nitrogens with two attached hydrogens (primary N) is 2. The standard InChI is InChI=1S/C15H34N4/c1-6-7-12(18-13(17)10-16)11-8-14(2,3)19-15(4,5)9-11/h11-13,18-19H,6-10,16-17H2,1-5H3. The third-order valence-electron chi connectivity index (χ3n) is 4.07. The zero-order chi connectivity index (χ0) is 14.7. The molecule has 0 aromatic rings. The van der Waals surface area contributed by atoms with Crippen LogP contribution in [0.25, 0.3) is 0 Å². The summed E-state index contributed by atoms with van der Waals surface area (Å²) < 4.78 is 0. The maximum absolute atomic E-state index is 5.99. The van der Waals surface area contributed by atoms with Gasteiger partial charge in [-0.1, -0.05) is 13.3 Å². The Morgan fingerprint density at radius 3 is 2.16 bits per heavy atom. The lowest BCUT2D eigenvalue weighted by atomic mass is 9.72. The van der Waals surface area contributed by atoms with Gasteiger partial charge in [0, 0.05) is 23.7 Å². The number of rotatable bonds is 6. The van der Waals surface area contributed by atoms with Crippen LogP contribution < -0.4 is 22.1 Å². The van der Waals surface area contributed by atoms with E-state index in [0.717, 1.165) is 0 Å². The number of hydrogen-bond donors (Lipinski definition) is 4. The van der Waals surface area contributed by atoms with Crippen molar-refractivity contribution in [1.82, 2.24) is 10.6 Å². The Morgan fingerprint density at radius 2 is 1.74 bits per heavy atom. The first kappa shape index (κ1) is 16.9. The molecule has 0 spiro atoms. The highest BCUT2D eigenvalue weighted by Crippen LogP contribution is 2.35. The Labute approximate surface area is 119 Å². The minimum Gasteiger partial charge on any atom is -0.328 e. The van der Waals surface area contributed by atoms with Crippen molar-refractivity contribution in [2.45, 2.75) is 83.6 Å². The maximum Gasteiger partial charge on any atom is 0.0675 e. The lowest BCUT2D eigenvalue weighted by Crippen LogP contribution is -2.61. The fourth-order valence-corrected chi connectivity index (χ4v) is 3.79. The molecular formula is C15H34N4. The molecule has 0 aliphatic carbocycles. The quantitative estimate of drug-likeness (QED) is 0.552. The number of hydrogen-bond acceptors (Lipinski definition) is 4. The molecule has 0 aromatic carbocycles. The molecule has 0 radical (unpaired) electrons. The van der Waals surface area contributed by atoms with Crippen molar-refractivity contribution in [1.29, 1.82) is 0 Å². The zero-order valence-corrected chi connectivity index (χ0v) is 13.4. The third-order valence-corrected chi connectivity index (χ3v) is 4.07. The molecule has 1 aliphatic rings. The highest BCUT2D eigenvalue weighted by Gasteiger charge is 2.40. The van der Waals surface area contributed by atoms with E-state index in [1.807, 2.05) is 0 Å². The summed E-state index contributed by atoms with van der Waals surface area (Å²) >= 11 is 0. The van der Waals surface area contributed by atoms with Gasteiger partial charge in [-0.25, -0.2) is 0 Å². The van der Waals surface area contributed by atoms with E-state index in [2.05, 4.69) is 45.3 Å². The van der Waals surface area contributed by atoms with Crippen LogP contribution in [0.3, 0.4) is 0 Å². The van der Waals surface area contributed by atoms with E-state index in [4.69, 9.17) is 11.5 Å². The highest BCUT2D eigenvalue weighted by atomic mass is 15.1. The predicted octanol–water partition coefficient (Wildman–Crippen LogP) is 1.55. The minimum absolute atomic E-state index is 0.0855. The van der Waals surface area contributed by atoms with Gasteiger partial charge in [-0.05, 0) is 52.9 Å². The molecule has 0 saturated carbocycles. The summed E-state index contributed by atoms with van der Waals surface area (Å²) in [5, 5.41) is 7.28. The van der Waals surface area contributed by atoms with Gasteiger partial charge in [-0.2, -0.15) is 0 Å². The smallest absolute Gasteiger partial charge is 0.0675 e. The molecule has 1 heterocycles. The van der Waals surface area contributed by atoms with Gasteiger partial charge >= 0.3 is 0 Å². The molecular weight excluding hydrogens is 236 g/mol. The van der Waals surface area contributed by atoms with Crippen molar-refractivity contribution < 1.29 is 0 Å². The summed E-state index contributed by atoms with van der Waals surface area (Å²) in [6, 6.07) is 0.476. The minimum atomic E-state index is -0.0855. The fourth-order valence-electron chi connectivity index (χ4n) is 3.79. The second-order valence-electron chi connectivity index (χ2n) is 7.47. The highest BCUT2D eigenvalue weighted by molar-refractivity contribution is 5.00. The molecule has 1 aliphatic heterocycles. The lowest BCUT2D eigenvalue weighted by Gasteiger charge is -2.49. The summed E-state index contributed by atoms with van der Waals surface area (Å²) in [6.07, 6.45) is 4.64. The van der Waals surface area contributed by atoms with Crippen LogP contribution in [0.2, 0.25) is 0 Å². The van der Waals surface area contributed by atoms with Crippen molar-refractivity contribution >= 4 is 0 Å². The van der Waals surface area contributed by atoms with Crippen LogP contribution in [0.1, 0.15) is 60.3 Å². The molecule has 1 fully saturated rings. The van der Waals surface area contributed by atoms with Crippen LogP contribution in [0, 0.1) is 5.92 Å². The molecule has 0 aromatic heterocycles. The van der Waals surface area contributed by atoms with Gasteiger partial charge in [-0.3, -0.25) is 5.32 Å². The first-order chi connectivity index (χ1) is 8.69. The van der Waals surface area contributed by atoms with E-state index < -0.39 is 0 Å². The molecule has 0 bridgehead atoms. The summed E-state index contributed by atoms with van der Waals surface area (Å²) in [6.45, 7) is 11.9. The van der Waals surface area contributed by atoms with Crippen molar-refractivity contribution in [3.8, 4) is 0 Å². The van der Waals surface area contributed by atoms with Crippen molar-refractivity contribution in [2.24, 2.45) is 17.4 Å².